The molecule has 18 heavy (non-hydrogen) atoms. The lowest BCUT2D eigenvalue weighted by Gasteiger charge is -2.27. The molecule has 0 saturated carbocycles. The maximum atomic E-state index is 5.93. The van der Waals surface area contributed by atoms with Crippen molar-refractivity contribution < 1.29 is 14.2 Å². The first kappa shape index (κ1) is 15.1. The van der Waals surface area contributed by atoms with Gasteiger partial charge in [0.05, 0.1) is 0 Å². The van der Waals surface area contributed by atoms with E-state index < -0.39 is 11.6 Å². The normalized spacial score (nSPS) is 31.1. The monoisotopic (exact) mass is 252 g/mol. The Morgan fingerprint density at radius 1 is 1.39 bits per heavy atom. The first-order valence-corrected chi connectivity index (χ1v) is 6.59. The van der Waals surface area contributed by atoms with E-state index in [9.17, 15) is 0 Å². The molecule has 3 heteroatoms. The van der Waals surface area contributed by atoms with Crippen LogP contribution in [0.4, 0.5) is 0 Å². The fourth-order valence-electron chi connectivity index (χ4n) is 2.25. The molecule has 0 bridgehead atoms. The summed E-state index contributed by atoms with van der Waals surface area (Å²) in [5.74, 6) is 2.19. The molecule has 102 valence electrons. The lowest BCUT2D eigenvalue weighted by molar-refractivity contribution is -0.321. The van der Waals surface area contributed by atoms with E-state index in [4.69, 9.17) is 20.6 Å². The average Bonchev–Trinajstić information content (AvgIpc) is 2.58. The highest BCUT2D eigenvalue weighted by molar-refractivity contribution is 5.16. The van der Waals surface area contributed by atoms with E-state index in [0.717, 1.165) is 12.8 Å². The van der Waals surface area contributed by atoms with Crippen LogP contribution in [0.25, 0.3) is 0 Å². The number of hydrogen-bond acceptors (Lipinski definition) is 3. The van der Waals surface area contributed by atoms with Gasteiger partial charge in [-0.3, -0.25) is 0 Å². The molecule has 0 spiro atoms. The van der Waals surface area contributed by atoms with Gasteiger partial charge in [0.25, 0.3) is 0 Å². The lowest BCUT2D eigenvalue weighted by Crippen LogP contribution is -2.35. The van der Waals surface area contributed by atoms with Crippen molar-refractivity contribution in [1.82, 2.24) is 0 Å². The molecule has 0 N–H and O–H groups in total. The summed E-state index contributed by atoms with van der Waals surface area (Å²) in [5, 5.41) is 0. The summed E-state index contributed by atoms with van der Waals surface area (Å²) in [5.41, 5.74) is -0.590. The van der Waals surface area contributed by atoms with E-state index in [1.807, 2.05) is 0 Å². The van der Waals surface area contributed by atoms with E-state index in [0.29, 0.717) is 12.2 Å². The van der Waals surface area contributed by atoms with E-state index in [1.165, 1.54) is 19.3 Å². The number of ether oxygens (including phenoxy) is 3. The van der Waals surface area contributed by atoms with Crippen LogP contribution in [0.2, 0.25) is 0 Å². The van der Waals surface area contributed by atoms with Crippen molar-refractivity contribution in [2.24, 2.45) is 0 Å². The Morgan fingerprint density at radius 2 is 2.11 bits per heavy atom. The van der Waals surface area contributed by atoms with Gasteiger partial charge < -0.3 is 14.2 Å². The molecule has 1 rings (SSSR count). The molecule has 0 aromatic heterocycles. The fourth-order valence-corrected chi connectivity index (χ4v) is 2.25. The van der Waals surface area contributed by atoms with E-state index in [2.05, 4.69) is 19.4 Å². The predicted octanol–water partition coefficient (Wildman–Crippen LogP) is 3.60. The smallest absolute Gasteiger partial charge is 0.324 e. The molecule has 1 aliphatic rings. The summed E-state index contributed by atoms with van der Waals surface area (Å²) in [4.78, 5) is 0. The maximum Gasteiger partial charge on any atom is 0.324 e. The van der Waals surface area contributed by atoms with Crippen LogP contribution in [0.5, 0.6) is 0 Å². The van der Waals surface area contributed by atoms with Crippen molar-refractivity contribution in [3.63, 3.8) is 0 Å². The van der Waals surface area contributed by atoms with Crippen molar-refractivity contribution in [2.75, 3.05) is 7.11 Å². The van der Waals surface area contributed by atoms with Crippen LogP contribution < -0.4 is 0 Å². The zero-order valence-electron chi connectivity index (χ0n) is 11.8. The number of rotatable bonds is 7. The Hall–Kier alpha value is -0.980. The first-order chi connectivity index (χ1) is 8.52. The Bertz CT molecular complexity index is 331. The third-order valence-electron chi connectivity index (χ3n) is 3.39. The molecule has 1 heterocycles. The molecule has 0 aromatic rings. The van der Waals surface area contributed by atoms with E-state index in [-0.39, 0.29) is 0 Å². The first-order valence-electron chi connectivity index (χ1n) is 6.59. The summed E-state index contributed by atoms with van der Waals surface area (Å²) >= 11 is 0. The number of methoxy groups -OCH3 is 1. The quantitative estimate of drug-likeness (QED) is 0.512. The third-order valence-corrected chi connectivity index (χ3v) is 3.39. The second-order valence-electron chi connectivity index (χ2n) is 4.88. The van der Waals surface area contributed by atoms with Gasteiger partial charge in [-0.15, -0.1) is 12.3 Å². The van der Waals surface area contributed by atoms with Gasteiger partial charge in [-0.1, -0.05) is 39.2 Å². The Morgan fingerprint density at radius 3 is 2.61 bits per heavy atom. The number of hydrogen-bond donors (Lipinski definition) is 0. The summed E-state index contributed by atoms with van der Waals surface area (Å²) < 4.78 is 16.7. The molecule has 0 aliphatic carbocycles. The molecule has 1 fully saturated rings. The minimum absolute atomic E-state index is 0.469. The Labute approximate surface area is 110 Å². The minimum atomic E-state index is -1.06. The molecular formula is C15H24O3. The maximum absolute atomic E-state index is 5.93. The average molecular weight is 252 g/mol. The molecule has 2 atom stereocenters. The van der Waals surface area contributed by atoms with Gasteiger partial charge in [0.2, 0.25) is 0 Å². The topological polar surface area (TPSA) is 27.7 Å². The largest absolute Gasteiger partial charge is 0.441 e. The minimum Gasteiger partial charge on any atom is -0.441 e. The standard InChI is InChI=1S/C15H24O3/c1-6-8-9-10-12-15(11-7-2)13(3)17-14(4,16-5)18-15/h2H,3,6,8-12H2,1,4-5H3. The fraction of sp³-hybridized carbons (Fsp3) is 0.733. The highest BCUT2D eigenvalue weighted by Crippen LogP contribution is 2.44. The van der Waals surface area contributed by atoms with Crippen molar-refractivity contribution >= 4 is 0 Å². The van der Waals surface area contributed by atoms with E-state index >= 15 is 0 Å². The molecule has 0 amide bonds. The molecule has 2 unspecified atom stereocenters. The summed E-state index contributed by atoms with van der Waals surface area (Å²) in [7, 11) is 1.55. The van der Waals surface area contributed by atoms with Crippen molar-refractivity contribution in [3.8, 4) is 12.3 Å². The van der Waals surface area contributed by atoms with Gasteiger partial charge in [0.15, 0.2) is 0 Å². The highest BCUT2D eigenvalue weighted by atomic mass is 16.9. The van der Waals surface area contributed by atoms with Gasteiger partial charge in [-0.2, -0.15) is 0 Å². The summed E-state index contributed by atoms with van der Waals surface area (Å²) in [6.07, 6.45) is 11.4. The van der Waals surface area contributed by atoms with Crippen LogP contribution in [-0.4, -0.2) is 18.7 Å². The van der Waals surface area contributed by atoms with E-state index in [1.54, 1.807) is 14.0 Å². The number of unbranched alkanes of at least 4 members (excludes halogenated alkanes) is 3. The van der Waals surface area contributed by atoms with Gasteiger partial charge in [-0.25, -0.2) is 0 Å². The van der Waals surface area contributed by atoms with Gasteiger partial charge in [-0.05, 0) is 6.42 Å². The molecule has 1 aliphatic heterocycles. The predicted molar refractivity (Wildman–Crippen MR) is 71.7 cm³/mol. The summed E-state index contributed by atoms with van der Waals surface area (Å²) in [6.45, 7) is 7.87. The number of terminal acetylenes is 1. The Balaban J connectivity index is 2.69. The van der Waals surface area contributed by atoms with Crippen molar-refractivity contribution in [2.45, 2.75) is 63.9 Å². The highest BCUT2D eigenvalue weighted by Gasteiger charge is 2.51. The molecular weight excluding hydrogens is 228 g/mol. The van der Waals surface area contributed by atoms with Crippen LogP contribution in [0.1, 0.15) is 52.4 Å². The van der Waals surface area contributed by atoms with Crippen LogP contribution in [0.15, 0.2) is 12.3 Å². The van der Waals surface area contributed by atoms with Crippen LogP contribution in [0, 0.1) is 12.3 Å². The van der Waals surface area contributed by atoms with Crippen molar-refractivity contribution in [1.29, 1.82) is 0 Å². The summed E-state index contributed by atoms with van der Waals surface area (Å²) in [6, 6.07) is 0. The van der Waals surface area contributed by atoms with Crippen LogP contribution >= 0.6 is 0 Å². The van der Waals surface area contributed by atoms with Gasteiger partial charge >= 0.3 is 5.97 Å². The zero-order valence-corrected chi connectivity index (χ0v) is 11.8. The zero-order chi connectivity index (χ0) is 13.6. The second kappa shape index (κ2) is 6.26. The van der Waals surface area contributed by atoms with Gasteiger partial charge in [0, 0.05) is 20.5 Å². The van der Waals surface area contributed by atoms with Crippen LogP contribution in [-0.2, 0) is 14.2 Å². The third kappa shape index (κ3) is 3.28. The lowest BCUT2D eigenvalue weighted by atomic mass is 9.91. The van der Waals surface area contributed by atoms with Crippen LogP contribution in [0.3, 0.4) is 0 Å². The van der Waals surface area contributed by atoms with Crippen molar-refractivity contribution in [3.05, 3.63) is 12.3 Å². The second-order valence-corrected chi connectivity index (χ2v) is 4.88. The Kier molecular flexibility index (Phi) is 5.25. The molecule has 3 nitrogen and oxygen atoms in total. The SMILES string of the molecule is C#CCC1(CCCCCC)OC(C)(OC)OC1=C. The molecule has 0 radical (unpaired) electrons. The van der Waals surface area contributed by atoms with Gasteiger partial charge in [0.1, 0.15) is 11.4 Å². The molecule has 1 saturated heterocycles. The molecule has 0 aromatic carbocycles.